The van der Waals surface area contributed by atoms with E-state index in [0.717, 1.165) is 5.56 Å². The number of aromatic nitrogens is 1. The Morgan fingerprint density at radius 1 is 1.73 bits per heavy atom. The Kier molecular flexibility index (Phi) is 3.02. The van der Waals surface area contributed by atoms with Crippen molar-refractivity contribution in [2.45, 2.75) is 5.75 Å². The minimum atomic E-state index is 0.538. The fourth-order valence-corrected chi connectivity index (χ4v) is 1.37. The summed E-state index contributed by atoms with van der Waals surface area (Å²) in [6, 6.07) is 1.72. The first-order valence-electron chi connectivity index (χ1n) is 3.07. The summed E-state index contributed by atoms with van der Waals surface area (Å²) >= 11 is 9.94. The summed E-state index contributed by atoms with van der Waals surface area (Å²) in [5, 5.41) is 0.645. The maximum atomic E-state index is 5.84. The molecule has 0 radical (unpaired) electrons. The molecule has 0 saturated carbocycles. The molecule has 0 aliphatic heterocycles. The predicted octanol–water partition coefficient (Wildman–Crippen LogP) is 2.17. The molecule has 0 aliphatic carbocycles. The van der Waals surface area contributed by atoms with Crippen molar-refractivity contribution in [2.24, 2.45) is 0 Å². The summed E-state index contributed by atoms with van der Waals surface area (Å²) < 4.78 is 4.97. The summed E-state index contributed by atoms with van der Waals surface area (Å²) in [6.45, 7) is 0. The van der Waals surface area contributed by atoms with Crippen LogP contribution in [0.1, 0.15) is 5.56 Å². The molecule has 0 spiro atoms. The minimum Gasteiger partial charge on any atom is -0.481 e. The molecule has 0 aromatic carbocycles. The third kappa shape index (κ3) is 1.79. The number of rotatable bonds is 2. The monoisotopic (exact) mass is 189 g/mol. The Labute approximate surface area is 76.0 Å². The normalized spacial score (nSPS) is 9.73. The maximum Gasteiger partial charge on any atom is 0.218 e. The number of hydrogen-bond acceptors (Lipinski definition) is 3. The Morgan fingerprint density at radius 2 is 2.45 bits per heavy atom. The van der Waals surface area contributed by atoms with Gasteiger partial charge in [-0.05, 0) is 6.07 Å². The van der Waals surface area contributed by atoms with E-state index in [2.05, 4.69) is 17.6 Å². The standard InChI is InChI=1S/C7H8ClNOS/c1-10-7-5(4-11)6(8)2-3-9-7/h2-3,11H,4H2,1H3. The molecule has 1 aromatic heterocycles. The molecule has 0 fully saturated rings. The zero-order valence-electron chi connectivity index (χ0n) is 6.04. The van der Waals surface area contributed by atoms with Gasteiger partial charge in [0.15, 0.2) is 0 Å². The fraction of sp³-hybridized carbons (Fsp3) is 0.286. The second kappa shape index (κ2) is 3.83. The number of ether oxygens (including phenoxy) is 1. The smallest absolute Gasteiger partial charge is 0.218 e. The lowest BCUT2D eigenvalue weighted by Crippen LogP contribution is -1.93. The van der Waals surface area contributed by atoms with Gasteiger partial charge in [0, 0.05) is 17.5 Å². The van der Waals surface area contributed by atoms with E-state index in [4.69, 9.17) is 16.3 Å². The van der Waals surface area contributed by atoms with Gasteiger partial charge in [-0.15, -0.1) is 0 Å². The molecule has 0 atom stereocenters. The molecule has 60 valence electrons. The van der Waals surface area contributed by atoms with Crippen molar-refractivity contribution < 1.29 is 4.74 Å². The number of thiol groups is 1. The van der Waals surface area contributed by atoms with Crippen LogP contribution in [0.25, 0.3) is 0 Å². The number of methoxy groups -OCH3 is 1. The van der Waals surface area contributed by atoms with Gasteiger partial charge in [0.1, 0.15) is 0 Å². The number of hydrogen-bond donors (Lipinski definition) is 1. The van der Waals surface area contributed by atoms with Crippen LogP contribution < -0.4 is 4.74 Å². The van der Waals surface area contributed by atoms with Crippen LogP contribution in [0.3, 0.4) is 0 Å². The van der Waals surface area contributed by atoms with Crippen LogP contribution in [0.4, 0.5) is 0 Å². The van der Waals surface area contributed by atoms with Crippen molar-refractivity contribution in [1.82, 2.24) is 4.98 Å². The molecular formula is C7H8ClNOS. The van der Waals surface area contributed by atoms with Crippen LogP contribution >= 0.6 is 24.2 Å². The SMILES string of the molecule is COc1nccc(Cl)c1CS. The van der Waals surface area contributed by atoms with Gasteiger partial charge in [-0.1, -0.05) is 11.6 Å². The van der Waals surface area contributed by atoms with Crippen LogP contribution in [0.5, 0.6) is 5.88 Å². The van der Waals surface area contributed by atoms with Gasteiger partial charge in [0.2, 0.25) is 5.88 Å². The molecule has 0 bridgehead atoms. The van der Waals surface area contributed by atoms with Crippen molar-refractivity contribution in [1.29, 1.82) is 0 Å². The highest BCUT2D eigenvalue weighted by Gasteiger charge is 2.05. The molecule has 0 N–H and O–H groups in total. The second-order valence-electron chi connectivity index (χ2n) is 1.94. The van der Waals surface area contributed by atoms with E-state index < -0.39 is 0 Å². The molecule has 1 heterocycles. The first kappa shape index (κ1) is 8.68. The Balaban J connectivity index is 3.13. The summed E-state index contributed by atoms with van der Waals surface area (Å²) in [6.07, 6.45) is 1.61. The highest BCUT2D eigenvalue weighted by atomic mass is 35.5. The molecule has 2 nitrogen and oxygen atoms in total. The van der Waals surface area contributed by atoms with Gasteiger partial charge in [-0.2, -0.15) is 12.6 Å². The zero-order chi connectivity index (χ0) is 8.27. The first-order chi connectivity index (χ1) is 5.29. The van der Waals surface area contributed by atoms with Crippen LogP contribution in [0, 0.1) is 0 Å². The highest BCUT2D eigenvalue weighted by Crippen LogP contribution is 2.24. The lowest BCUT2D eigenvalue weighted by molar-refractivity contribution is 0.394. The molecule has 1 rings (SSSR count). The molecule has 4 heteroatoms. The van der Waals surface area contributed by atoms with E-state index in [1.807, 2.05) is 0 Å². The van der Waals surface area contributed by atoms with Crippen molar-refractivity contribution in [2.75, 3.05) is 7.11 Å². The average Bonchev–Trinajstić information content (AvgIpc) is 2.04. The number of halogens is 1. The molecular weight excluding hydrogens is 182 g/mol. The van der Waals surface area contributed by atoms with Gasteiger partial charge < -0.3 is 4.74 Å². The van der Waals surface area contributed by atoms with Gasteiger partial charge in [-0.3, -0.25) is 0 Å². The van der Waals surface area contributed by atoms with Crippen LogP contribution in [0.2, 0.25) is 5.02 Å². The largest absolute Gasteiger partial charge is 0.481 e. The third-order valence-electron chi connectivity index (χ3n) is 1.31. The highest BCUT2D eigenvalue weighted by molar-refractivity contribution is 7.79. The fourth-order valence-electron chi connectivity index (χ4n) is 0.770. The van der Waals surface area contributed by atoms with Crippen molar-refractivity contribution in [3.63, 3.8) is 0 Å². The summed E-state index contributed by atoms with van der Waals surface area (Å²) in [5.41, 5.74) is 0.833. The third-order valence-corrected chi connectivity index (χ3v) is 1.98. The number of nitrogens with zero attached hydrogens (tertiary/aromatic N) is 1. The van der Waals surface area contributed by atoms with E-state index in [0.29, 0.717) is 16.7 Å². The predicted molar refractivity (Wildman–Crippen MR) is 48.5 cm³/mol. The minimum absolute atomic E-state index is 0.538. The summed E-state index contributed by atoms with van der Waals surface area (Å²) in [5.74, 6) is 1.09. The summed E-state index contributed by atoms with van der Waals surface area (Å²) in [7, 11) is 1.56. The lowest BCUT2D eigenvalue weighted by Gasteiger charge is -2.04. The van der Waals surface area contributed by atoms with E-state index in [1.54, 1.807) is 19.4 Å². The lowest BCUT2D eigenvalue weighted by atomic mass is 10.3. The topological polar surface area (TPSA) is 22.1 Å². The van der Waals surface area contributed by atoms with E-state index in [1.165, 1.54) is 0 Å². The van der Waals surface area contributed by atoms with Crippen molar-refractivity contribution in [3.05, 3.63) is 22.8 Å². The van der Waals surface area contributed by atoms with Gasteiger partial charge in [0.05, 0.1) is 12.1 Å². The molecule has 0 saturated heterocycles. The quantitative estimate of drug-likeness (QED) is 0.721. The Morgan fingerprint density at radius 3 is 2.91 bits per heavy atom. The van der Waals surface area contributed by atoms with Gasteiger partial charge >= 0.3 is 0 Å². The van der Waals surface area contributed by atoms with E-state index in [-0.39, 0.29) is 0 Å². The Bertz CT molecular complexity index is 254. The van der Waals surface area contributed by atoms with Crippen LogP contribution in [-0.4, -0.2) is 12.1 Å². The number of pyridine rings is 1. The molecule has 0 amide bonds. The molecule has 0 aliphatic rings. The van der Waals surface area contributed by atoms with Crippen molar-refractivity contribution in [3.8, 4) is 5.88 Å². The summed E-state index contributed by atoms with van der Waals surface area (Å²) in [4.78, 5) is 3.97. The zero-order valence-corrected chi connectivity index (χ0v) is 7.69. The van der Waals surface area contributed by atoms with Crippen LogP contribution in [0.15, 0.2) is 12.3 Å². The molecule has 1 aromatic rings. The van der Waals surface area contributed by atoms with Crippen LogP contribution in [-0.2, 0) is 5.75 Å². The Hall–Kier alpha value is -0.410. The van der Waals surface area contributed by atoms with Gasteiger partial charge in [0.25, 0.3) is 0 Å². The van der Waals surface area contributed by atoms with E-state index >= 15 is 0 Å². The van der Waals surface area contributed by atoms with Gasteiger partial charge in [-0.25, -0.2) is 4.98 Å². The average molecular weight is 190 g/mol. The first-order valence-corrected chi connectivity index (χ1v) is 4.09. The van der Waals surface area contributed by atoms with E-state index in [9.17, 15) is 0 Å². The second-order valence-corrected chi connectivity index (χ2v) is 2.66. The molecule has 0 unspecified atom stereocenters. The molecule has 11 heavy (non-hydrogen) atoms. The maximum absolute atomic E-state index is 5.84. The van der Waals surface area contributed by atoms with Crippen molar-refractivity contribution >= 4 is 24.2 Å².